The summed E-state index contributed by atoms with van der Waals surface area (Å²) < 4.78 is 0. The van der Waals surface area contributed by atoms with E-state index in [1.165, 1.54) is 83.9 Å². The van der Waals surface area contributed by atoms with Crippen molar-refractivity contribution in [3.05, 3.63) is 48.6 Å². The number of allylic oxidation sites excluding steroid dienone is 4. The van der Waals surface area contributed by atoms with Crippen molar-refractivity contribution in [3.63, 3.8) is 0 Å². The summed E-state index contributed by atoms with van der Waals surface area (Å²) in [5.41, 5.74) is 0. The van der Waals surface area contributed by atoms with Crippen molar-refractivity contribution in [2.45, 2.75) is 141 Å². The van der Waals surface area contributed by atoms with Gasteiger partial charge in [0.05, 0.1) is 0 Å². The summed E-state index contributed by atoms with van der Waals surface area (Å²) in [5.74, 6) is 16.1. The Morgan fingerprint density at radius 1 is 0.281 bits per heavy atom. The molecule has 0 saturated carbocycles. The fraction of sp³-hybridized carbons (Fsp3) is 0.814. The van der Waals surface area contributed by atoms with E-state index in [0.29, 0.717) is 0 Å². The molecule has 0 aliphatic carbocycles. The summed E-state index contributed by atoms with van der Waals surface area (Å²) in [7, 11) is 27.3. The van der Waals surface area contributed by atoms with Gasteiger partial charge in [-0.15, -0.1) is 0 Å². The minimum Gasteiger partial charge on any atom is -0.0976 e. The zero-order valence-corrected chi connectivity index (χ0v) is 49.3. The minimum atomic E-state index is 0. The molecule has 0 unspecified atom stereocenters. The summed E-state index contributed by atoms with van der Waals surface area (Å²) in [4.78, 5) is 0. The summed E-state index contributed by atoms with van der Waals surface area (Å²) in [6.07, 6.45) is 31.2. The Balaban J connectivity index is -0.000000106. The summed E-state index contributed by atoms with van der Waals surface area (Å²) in [6.45, 7) is 24.1. The maximum absolute atomic E-state index is 2.24. The van der Waals surface area contributed by atoms with Crippen molar-refractivity contribution in [3.8, 4) is 0 Å². The highest BCUT2D eigenvalue weighted by Crippen LogP contribution is 2.25. The lowest BCUT2D eigenvalue weighted by Gasteiger charge is -1.96. The van der Waals surface area contributed by atoms with Crippen LogP contribution in [0.25, 0.3) is 0 Å². The van der Waals surface area contributed by atoms with Gasteiger partial charge in [0.2, 0.25) is 0 Å². The van der Waals surface area contributed by atoms with E-state index in [-0.39, 0.29) is 7.43 Å². The standard InChI is InChI=1S/2C10H18S2.C6H14S4.2C6H14S2.C4H10S2.CH4/c2*1-3-5-7-9-11-12-10-8-6-4-2;1-3-8-10-6-4-5-9-7-2;2*1-3-5-7-8-6-4-2;1-3-5-6-4-2;/h2*5-8H,3-4,9-10H2,1-2H3;3-6H2,1-2H3;2*3-6H2,1-2H3;3-4H2,1-2H3;1H4. The molecule has 0 aliphatic rings. The van der Waals surface area contributed by atoms with Gasteiger partial charge in [-0.2, -0.15) is 0 Å². The molecule has 0 amide bonds. The summed E-state index contributed by atoms with van der Waals surface area (Å²) in [6, 6.07) is 0. The van der Waals surface area contributed by atoms with Crippen LogP contribution < -0.4 is 0 Å². The van der Waals surface area contributed by atoms with Gasteiger partial charge in [-0.05, 0) is 64.0 Å². The van der Waals surface area contributed by atoms with Crippen LogP contribution in [-0.2, 0) is 0 Å². The average Bonchev–Trinajstić information content (AvgIpc) is 3.22. The first kappa shape index (κ1) is 75.2. The molecular formula is C43H92S14. The highest BCUT2D eigenvalue weighted by atomic mass is 33.1. The first-order valence-electron chi connectivity index (χ1n) is 20.7. The van der Waals surface area contributed by atoms with Gasteiger partial charge in [-0.1, -0.05) is 283 Å². The lowest BCUT2D eigenvalue weighted by molar-refractivity contribution is 1.11. The van der Waals surface area contributed by atoms with Gasteiger partial charge in [0.25, 0.3) is 0 Å². The second kappa shape index (κ2) is 90.5. The predicted octanol–water partition coefficient (Wildman–Crippen LogP) is 21.8. The van der Waals surface area contributed by atoms with E-state index in [1.54, 1.807) is 0 Å². The zero-order chi connectivity index (χ0) is 43.1. The van der Waals surface area contributed by atoms with Crippen molar-refractivity contribution < 1.29 is 0 Å². The highest BCUT2D eigenvalue weighted by molar-refractivity contribution is 8.78. The van der Waals surface area contributed by atoms with Gasteiger partial charge in [0.15, 0.2) is 0 Å². The normalized spacial score (nSPS) is 10.5. The van der Waals surface area contributed by atoms with Gasteiger partial charge in [-0.3, -0.25) is 0 Å². The molecule has 0 nitrogen and oxygen atoms in total. The molecule has 57 heavy (non-hydrogen) atoms. The third-order valence-electron chi connectivity index (χ3n) is 4.84. The molecular weight excluding hydrogens is 965 g/mol. The van der Waals surface area contributed by atoms with Gasteiger partial charge >= 0.3 is 0 Å². The van der Waals surface area contributed by atoms with Crippen LogP contribution in [-0.4, -0.2) is 81.0 Å². The van der Waals surface area contributed by atoms with E-state index < -0.39 is 0 Å². The Hall–Kier alpha value is 3.86. The average molecular weight is 1060 g/mol. The fourth-order valence-electron chi connectivity index (χ4n) is 2.43. The Morgan fingerprint density at radius 3 is 0.754 bits per heavy atom. The monoisotopic (exact) mass is 1060 g/mol. The molecule has 14 heteroatoms. The zero-order valence-electron chi connectivity index (χ0n) is 37.9. The quantitative estimate of drug-likeness (QED) is 0.0341. The van der Waals surface area contributed by atoms with Crippen LogP contribution in [0.2, 0.25) is 0 Å². The minimum absolute atomic E-state index is 0. The van der Waals surface area contributed by atoms with Crippen LogP contribution in [0.15, 0.2) is 48.6 Å². The molecule has 0 heterocycles. The van der Waals surface area contributed by atoms with Gasteiger partial charge in [0, 0.05) is 74.8 Å². The van der Waals surface area contributed by atoms with Crippen molar-refractivity contribution in [2.24, 2.45) is 0 Å². The lowest BCUT2D eigenvalue weighted by Crippen LogP contribution is -1.79. The molecule has 0 aromatic heterocycles. The van der Waals surface area contributed by atoms with Crippen LogP contribution in [0.5, 0.6) is 0 Å². The molecule has 0 aromatic rings. The van der Waals surface area contributed by atoms with E-state index >= 15 is 0 Å². The fourth-order valence-corrected chi connectivity index (χ4v) is 14.9. The van der Waals surface area contributed by atoms with Crippen LogP contribution in [0.4, 0.5) is 0 Å². The second-order valence-corrected chi connectivity index (χ2v) is 29.4. The molecule has 0 aliphatic heterocycles. The van der Waals surface area contributed by atoms with E-state index in [2.05, 4.69) is 131 Å². The van der Waals surface area contributed by atoms with E-state index in [1.807, 2.05) is 151 Å². The summed E-state index contributed by atoms with van der Waals surface area (Å²) >= 11 is 0. The lowest BCUT2D eigenvalue weighted by atomic mass is 10.4. The number of hydrogen-bond acceptors (Lipinski definition) is 14. The number of hydrogen-bond donors (Lipinski definition) is 0. The van der Waals surface area contributed by atoms with Gasteiger partial charge in [-0.25, -0.2) is 0 Å². The molecule has 0 saturated heterocycles. The van der Waals surface area contributed by atoms with Crippen molar-refractivity contribution in [2.75, 3.05) is 81.0 Å². The van der Waals surface area contributed by atoms with Crippen LogP contribution in [0.1, 0.15) is 141 Å². The predicted molar refractivity (Wildman–Crippen MR) is 323 cm³/mol. The molecule has 0 spiro atoms. The Morgan fingerprint density at radius 2 is 0.526 bits per heavy atom. The molecule has 0 N–H and O–H groups in total. The van der Waals surface area contributed by atoms with Gasteiger partial charge in [0.1, 0.15) is 0 Å². The molecule has 0 aromatic carbocycles. The molecule has 0 bridgehead atoms. The van der Waals surface area contributed by atoms with Crippen LogP contribution in [0.3, 0.4) is 0 Å². The van der Waals surface area contributed by atoms with E-state index in [0.717, 1.165) is 48.7 Å². The maximum Gasteiger partial charge on any atom is 0.0217 e. The van der Waals surface area contributed by atoms with Crippen molar-refractivity contribution in [1.29, 1.82) is 0 Å². The van der Waals surface area contributed by atoms with E-state index in [4.69, 9.17) is 0 Å². The first-order chi connectivity index (χ1) is 27.5. The SMILES string of the molecule is C.CCC=CCSSCC=CCC.CCC=CCSSCC=CCC.CCCSSCCC.CCCSSCCC.CCSSCC.CCSSCCCSSC. The maximum atomic E-state index is 2.24. The smallest absolute Gasteiger partial charge is 0.0217 e. The Kier molecular flexibility index (Phi) is 119. The Labute approximate surface area is 417 Å². The van der Waals surface area contributed by atoms with Crippen LogP contribution in [0, 0.1) is 0 Å². The topological polar surface area (TPSA) is 0 Å². The third-order valence-corrected chi connectivity index (χ3v) is 21.8. The first-order valence-corrected chi connectivity index (χ1v) is 38.4. The molecule has 0 rings (SSSR count). The molecule has 0 radical (unpaired) electrons. The highest BCUT2D eigenvalue weighted by Gasteiger charge is 1.89. The third kappa shape index (κ3) is 114. The van der Waals surface area contributed by atoms with E-state index in [9.17, 15) is 0 Å². The second-order valence-electron chi connectivity index (χ2n) is 10.3. The Bertz CT molecular complexity index is 580. The number of rotatable bonds is 34. The molecule has 348 valence electrons. The van der Waals surface area contributed by atoms with Crippen molar-refractivity contribution in [1.82, 2.24) is 0 Å². The van der Waals surface area contributed by atoms with Gasteiger partial charge < -0.3 is 0 Å². The largest absolute Gasteiger partial charge is 0.0976 e. The van der Waals surface area contributed by atoms with Crippen LogP contribution >= 0.6 is 151 Å². The van der Waals surface area contributed by atoms with Crippen molar-refractivity contribution >= 4 is 151 Å². The molecule has 0 fully saturated rings. The summed E-state index contributed by atoms with van der Waals surface area (Å²) in [5, 5.41) is 0. The molecule has 0 atom stereocenters.